The Kier molecular flexibility index (Phi) is 5.11. The molecule has 0 aliphatic carbocycles. The lowest BCUT2D eigenvalue weighted by atomic mass is 9.74. The molecule has 3 heteroatoms. The average Bonchev–Trinajstić information content (AvgIpc) is 2.43. The van der Waals surface area contributed by atoms with E-state index in [0.717, 1.165) is 45.3 Å². The van der Waals surface area contributed by atoms with E-state index in [0.29, 0.717) is 23.8 Å². The topological polar surface area (TPSA) is 32.3 Å². The molecular formula is C17H32N2O. The van der Waals surface area contributed by atoms with Crippen LogP contribution in [-0.4, -0.2) is 36.5 Å². The van der Waals surface area contributed by atoms with E-state index in [2.05, 4.69) is 37.9 Å². The summed E-state index contributed by atoms with van der Waals surface area (Å²) < 4.78 is 0. The zero-order valence-electron chi connectivity index (χ0n) is 13.7. The minimum atomic E-state index is -0.127. The van der Waals surface area contributed by atoms with Gasteiger partial charge in [-0.2, -0.15) is 0 Å². The monoisotopic (exact) mass is 280 g/mol. The van der Waals surface area contributed by atoms with E-state index in [-0.39, 0.29) is 5.41 Å². The molecule has 116 valence electrons. The smallest absolute Gasteiger partial charge is 0.230 e. The highest BCUT2D eigenvalue weighted by atomic mass is 16.2. The predicted molar refractivity (Wildman–Crippen MR) is 83.6 cm³/mol. The molecule has 20 heavy (non-hydrogen) atoms. The quantitative estimate of drug-likeness (QED) is 0.862. The summed E-state index contributed by atoms with van der Waals surface area (Å²) in [5.41, 5.74) is -0.127. The summed E-state index contributed by atoms with van der Waals surface area (Å²) in [4.78, 5) is 15.5. The van der Waals surface area contributed by atoms with Crippen molar-refractivity contribution in [3.8, 4) is 0 Å². The third-order valence-electron chi connectivity index (χ3n) is 5.51. The van der Waals surface area contributed by atoms with Gasteiger partial charge in [0.05, 0.1) is 5.41 Å². The van der Waals surface area contributed by atoms with E-state index < -0.39 is 0 Å². The van der Waals surface area contributed by atoms with Crippen LogP contribution in [0.5, 0.6) is 0 Å². The molecule has 2 aliphatic heterocycles. The number of nitrogens with zero attached hydrogens (tertiary/aromatic N) is 1. The first kappa shape index (κ1) is 15.8. The van der Waals surface area contributed by atoms with Crippen LogP contribution in [-0.2, 0) is 4.79 Å². The standard InChI is InChI=1S/C17H32N2O/c1-5-7-17(8-6-9-18-12-17)16(20)19-11-13(2)10-14(3)15(19)4/h13-15,18H,5-12H2,1-4H3. The largest absolute Gasteiger partial charge is 0.339 e. The minimum Gasteiger partial charge on any atom is -0.339 e. The van der Waals surface area contributed by atoms with E-state index in [9.17, 15) is 4.79 Å². The van der Waals surface area contributed by atoms with Crippen LogP contribution in [0.1, 0.15) is 59.8 Å². The molecule has 0 aromatic heterocycles. The molecule has 1 N–H and O–H groups in total. The van der Waals surface area contributed by atoms with Crippen LogP contribution in [0.2, 0.25) is 0 Å². The molecule has 4 unspecified atom stereocenters. The third-order valence-corrected chi connectivity index (χ3v) is 5.51. The van der Waals surface area contributed by atoms with Gasteiger partial charge in [-0.3, -0.25) is 4.79 Å². The normalized spacial score (nSPS) is 38.8. The van der Waals surface area contributed by atoms with E-state index in [1.165, 1.54) is 6.42 Å². The molecule has 2 rings (SSSR count). The van der Waals surface area contributed by atoms with Gasteiger partial charge in [-0.25, -0.2) is 0 Å². The first-order valence-corrected chi connectivity index (χ1v) is 8.52. The highest BCUT2D eigenvalue weighted by Crippen LogP contribution is 2.37. The van der Waals surface area contributed by atoms with Crippen LogP contribution >= 0.6 is 0 Å². The van der Waals surface area contributed by atoms with Gasteiger partial charge in [-0.1, -0.05) is 27.2 Å². The number of piperidine rings is 2. The third kappa shape index (κ3) is 3.03. The number of amides is 1. The van der Waals surface area contributed by atoms with Crippen LogP contribution in [0.25, 0.3) is 0 Å². The molecule has 0 saturated carbocycles. The summed E-state index contributed by atoms with van der Waals surface area (Å²) in [6.45, 7) is 11.9. The number of hydrogen-bond donors (Lipinski definition) is 1. The molecule has 2 fully saturated rings. The zero-order chi connectivity index (χ0) is 14.8. The van der Waals surface area contributed by atoms with Crippen LogP contribution in [0.3, 0.4) is 0 Å². The Bertz CT molecular complexity index is 330. The fraction of sp³-hybridized carbons (Fsp3) is 0.941. The number of likely N-dealkylation sites (tertiary alicyclic amines) is 1. The van der Waals surface area contributed by atoms with Gasteiger partial charge in [0.25, 0.3) is 0 Å². The maximum atomic E-state index is 13.3. The minimum absolute atomic E-state index is 0.127. The maximum Gasteiger partial charge on any atom is 0.230 e. The first-order chi connectivity index (χ1) is 9.50. The fourth-order valence-electron chi connectivity index (χ4n) is 4.24. The molecule has 0 radical (unpaired) electrons. The van der Waals surface area contributed by atoms with Crippen molar-refractivity contribution in [1.82, 2.24) is 10.2 Å². The molecule has 0 bridgehead atoms. The first-order valence-electron chi connectivity index (χ1n) is 8.52. The predicted octanol–water partition coefficient (Wildman–Crippen LogP) is 3.05. The Morgan fingerprint density at radius 2 is 2.10 bits per heavy atom. The molecule has 4 atom stereocenters. The van der Waals surface area contributed by atoms with Gasteiger partial charge in [0.1, 0.15) is 0 Å². The number of nitrogens with one attached hydrogen (secondary N) is 1. The van der Waals surface area contributed by atoms with Gasteiger partial charge < -0.3 is 10.2 Å². The highest BCUT2D eigenvalue weighted by Gasteiger charge is 2.44. The summed E-state index contributed by atoms with van der Waals surface area (Å²) in [5, 5.41) is 3.47. The summed E-state index contributed by atoms with van der Waals surface area (Å²) in [7, 11) is 0. The molecule has 2 saturated heterocycles. The van der Waals surface area contributed by atoms with Gasteiger partial charge in [-0.15, -0.1) is 0 Å². The number of rotatable bonds is 3. The van der Waals surface area contributed by atoms with Crippen LogP contribution < -0.4 is 5.32 Å². The Hall–Kier alpha value is -0.570. The second-order valence-corrected chi connectivity index (χ2v) is 7.33. The molecule has 2 heterocycles. The Labute approximate surface area is 124 Å². The summed E-state index contributed by atoms with van der Waals surface area (Å²) >= 11 is 0. The molecular weight excluding hydrogens is 248 g/mol. The summed E-state index contributed by atoms with van der Waals surface area (Å²) in [6, 6.07) is 0.398. The summed E-state index contributed by atoms with van der Waals surface area (Å²) in [5.74, 6) is 1.69. The lowest BCUT2D eigenvalue weighted by Gasteiger charge is -2.47. The van der Waals surface area contributed by atoms with Gasteiger partial charge >= 0.3 is 0 Å². The van der Waals surface area contributed by atoms with Crippen molar-refractivity contribution >= 4 is 5.91 Å². The van der Waals surface area contributed by atoms with Crippen molar-refractivity contribution < 1.29 is 4.79 Å². The van der Waals surface area contributed by atoms with Gasteiger partial charge in [0, 0.05) is 19.1 Å². The Morgan fingerprint density at radius 1 is 1.35 bits per heavy atom. The van der Waals surface area contributed by atoms with Crippen molar-refractivity contribution in [2.75, 3.05) is 19.6 Å². The lowest BCUT2D eigenvalue weighted by molar-refractivity contribution is -0.150. The number of hydrogen-bond acceptors (Lipinski definition) is 2. The van der Waals surface area contributed by atoms with Crippen molar-refractivity contribution in [3.63, 3.8) is 0 Å². The molecule has 0 aromatic rings. The van der Waals surface area contributed by atoms with Gasteiger partial charge in [0.15, 0.2) is 0 Å². The van der Waals surface area contributed by atoms with Crippen LogP contribution in [0.15, 0.2) is 0 Å². The van der Waals surface area contributed by atoms with E-state index in [1.54, 1.807) is 0 Å². The number of carbonyl (C=O) groups excluding carboxylic acids is 1. The lowest BCUT2D eigenvalue weighted by Crippen LogP contribution is -2.57. The van der Waals surface area contributed by atoms with Crippen molar-refractivity contribution in [3.05, 3.63) is 0 Å². The number of carbonyl (C=O) groups is 1. The SMILES string of the molecule is CCCC1(C(=O)N2CC(C)CC(C)C2C)CCCNC1. The van der Waals surface area contributed by atoms with Crippen LogP contribution in [0.4, 0.5) is 0 Å². The van der Waals surface area contributed by atoms with Crippen molar-refractivity contribution in [2.24, 2.45) is 17.3 Å². The molecule has 3 nitrogen and oxygen atoms in total. The second kappa shape index (κ2) is 6.46. The summed E-state index contributed by atoms with van der Waals surface area (Å²) in [6.07, 6.45) is 5.59. The van der Waals surface area contributed by atoms with Crippen LogP contribution in [0, 0.1) is 17.3 Å². The molecule has 0 spiro atoms. The Morgan fingerprint density at radius 3 is 2.70 bits per heavy atom. The van der Waals surface area contributed by atoms with E-state index in [1.807, 2.05) is 0 Å². The van der Waals surface area contributed by atoms with E-state index >= 15 is 0 Å². The maximum absolute atomic E-state index is 13.3. The molecule has 1 amide bonds. The average molecular weight is 280 g/mol. The van der Waals surface area contributed by atoms with Crippen molar-refractivity contribution in [1.29, 1.82) is 0 Å². The fourth-order valence-corrected chi connectivity index (χ4v) is 4.24. The van der Waals surface area contributed by atoms with Gasteiger partial charge in [0.2, 0.25) is 5.91 Å². The second-order valence-electron chi connectivity index (χ2n) is 7.33. The molecule has 0 aromatic carbocycles. The highest BCUT2D eigenvalue weighted by molar-refractivity contribution is 5.83. The van der Waals surface area contributed by atoms with Gasteiger partial charge in [-0.05, 0) is 51.0 Å². The van der Waals surface area contributed by atoms with Crippen molar-refractivity contribution in [2.45, 2.75) is 65.8 Å². The van der Waals surface area contributed by atoms with E-state index in [4.69, 9.17) is 0 Å². The Balaban J connectivity index is 2.17. The molecule has 2 aliphatic rings. The zero-order valence-corrected chi connectivity index (χ0v) is 13.7.